The summed E-state index contributed by atoms with van der Waals surface area (Å²) >= 11 is 0. The molecule has 0 radical (unpaired) electrons. The molecule has 27 heavy (non-hydrogen) atoms. The number of carbonyl (C=O) groups excluding carboxylic acids is 1. The summed E-state index contributed by atoms with van der Waals surface area (Å²) in [4.78, 5) is 12.3. The number of hydrogen-bond donors (Lipinski definition) is 0. The molecular formula is C17H23BF2O7. The molecule has 0 bridgehead atoms. The second-order valence-corrected chi connectivity index (χ2v) is 6.89. The van der Waals surface area contributed by atoms with Crippen LogP contribution in [0.4, 0.5) is 8.78 Å². The fraction of sp³-hybridized carbons (Fsp3) is 0.588. The van der Waals surface area contributed by atoms with Crippen molar-refractivity contribution >= 4 is 18.6 Å². The second kappa shape index (κ2) is 7.99. The molecule has 150 valence electrons. The molecule has 0 N–H and O–H groups in total. The van der Waals surface area contributed by atoms with Crippen LogP contribution in [0.25, 0.3) is 0 Å². The fourth-order valence-corrected chi connectivity index (χ4v) is 2.50. The van der Waals surface area contributed by atoms with Gasteiger partial charge in [0.2, 0.25) is 0 Å². The summed E-state index contributed by atoms with van der Waals surface area (Å²) in [6, 6.07) is 2.36. The van der Waals surface area contributed by atoms with Gasteiger partial charge in [0, 0.05) is 18.6 Å². The van der Waals surface area contributed by atoms with Gasteiger partial charge in [-0.2, -0.15) is 8.78 Å². The summed E-state index contributed by atoms with van der Waals surface area (Å²) in [7, 11) is 1.58. The zero-order valence-electron chi connectivity index (χ0n) is 16.1. The summed E-state index contributed by atoms with van der Waals surface area (Å²) in [5, 5.41) is 0. The molecule has 0 unspecified atom stereocenters. The molecule has 0 atom stereocenters. The Bertz CT molecular complexity index is 678. The molecule has 1 fully saturated rings. The van der Waals surface area contributed by atoms with Crippen molar-refractivity contribution < 1.29 is 41.8 Å². The van der Waals surface area contributed by atoms with Crippen molar-refractivity contribution in [2.45, 2.75) is 45.5 Å². The summed E-state index contributed by atoms with van der Waals surface area (Å²) in [6.45, 7) is 4.10. The molecule has 10 heteroatoms. The molecule has 0 saturated carbocycles. The summed E-state index contributed by atoms with van der Waals surface area (Å²) in [6.07, 6.45) is 0. The van der Waals surface area contributed by atoms with Crippen LogP contribution < -0.4 is 14.9 Å². The van der Waals surface area contributed by atoms with Gasteiger partial charge in [0.1, 0.15) is 11.5 Å². The molecule has 0 aliphatic carbocycles. The van der Waals surface area contributed by atoms with Gasteiger partial charge in [-0.05, 0) is 33.8 Å². The van der Waals surface area contributed by atoms with E-state index in [0.29, 0.717) is 0 Å². The molecule has 1 aliphatic heterocycles. The Labute approximate surface area is 157 Å². The first-order chi connectivity index (χ1) is 12.5. The molecule has 2 rings (SSSR count). The van der Waals surface area contributed by atoms with E-state index in [9.17, 15) is 13.6 Å². The first-order valence-electron chi connectivity index (χ1n) is 8.21. The van der Waals surface area contributed by atoms with Crippen molar-refractivity contribution in [1.29, 1.82) is 0 Å². The Morgan fingerprint density at radius 1 is 1.15 bits per heavy atom. The Morgan fingerprint density at radius 3 is 2.22 bits per heavy atom. The first-order valence-corrected chi connectivity index (χ1v) is 8.21. The Morgan fingerprint density at radius 2 is 1.74 bits per heavy atom. The zero-order chi connectivity index (χ0) is 20.4. The molecule has 7 nitrogen and oxygen atoms in total. The van der Waals surface area contributed by atoms with Crippen LogP contribution in [0.5, 0.6) is 11.5 Å². The molecule has 1 aromatic carbocycles. The van der Waals surface area contributed by atoms with E-state index in [2.05, 4.69) is 4.74 Å². The maximum Gasteiger partial charge on any atom is 0.499 e. The van der Waals surface area contributed by atoms with E-state index in [0.717, 1.165) is 6.07 Å². The number of carbonyl (C=O) groups is 1. The SMILES string of the molecule is COCOc1cc(OC(F)F)cc(C(=O)OC)c1B1OC(C)(C)C(C)(C)O1. The van der Waals surface area contributed by atoms with Crippen LogP contribution in [-0.4, -0.2) is 51.9 Å². The van der Waals surface area contributed by atoms with Gasteiger partial charge in [-0.1, -0.05) is 0 Å². The molecule has 1 aliphatic rings. The number of ether oxygens (including phenoxy) is 4. The second-order valence-electron chi connectivity index (χ2n) is 6.89. The van der Waals surface area contributed by atoms with E-state index in [4.69, 9.17) is 23.5 Å². The van der Waals surface area contributed by atoms with Crippen LogP contribution in [0.15, 0.2) is 12.1 Å². The third kappa shape index (κ3) is 4.51. The summed E-state index contributed by atoms with van der Waals surface area (Å²) in [5.41, 5.74) is -1.25. The zero-order valence-corrected chi connectivity index (χ0v) is 16.1. The van der Waals surface area contributed by atoms with Gasteiger partial charge in [0.25, 0.3) is 0 Å². The van der Waals surface area contributed by atoms with E-state index in [1.807, 2.05) is 27.7 Å². The lowest BCUT2D eigenvalue weighted by Crippen LogP contribution is -2.41. The van der Waals surface area contributed by atoms with Crippen molar-refractivity contribution in [1.82, 2.24) is 0 Å². The third-order valence-electron chi connectivity index (χ3n) is 4.57. The smallest absolute Gasteiger partial charge is 0.468 e. The number of hydrogen-bond acceptors (Lipinski definition) is 7. The van der Waals surface area contributed by atoms with Gasteiger partial charge in [0.15, 0.2) is 6.79 Å². The van der Waals surface area contributed by atoms with Crippen molar-refractivity contribution in [3.63, 3.8) is 0 Å². The molecule has 0 aromatic heterocycles. The normalized spacial score (nSPS) is 17.9. The van der Waals surface area contributed by atoms with Crippen molar-refractivity contribution in [3.05, 3.63) is 17.7 Å². The monoisotopic (exact) mass is 388 g/mol. The standard InChI is InChI=1S/C17H23BF2O7/c1-16(2)17(3,4)27-18(26-16)13-11(14(21)23-6)7-10(25-15(19)20)8-12(13)24-9-22-5/h7-8,15H,9H2,1-6H3. The number of alkyl halides is 2. The number of benzene rings is 1. The van der Waals surface area contributed by atoms with E-state index in [1.54, 1.807) is 0 Å². The minimum atomic E-state index is -3.08. The van der Waals surface area contributed by atoms with Gasteiger partial charge < -0.3 is 28.3 Å². The topological polar surface area (TPSA) is 72.5 Å². The molecule has 1 saturated heterocycles. The lowest BCUT2D eigenvalue weighted by Gasteiger charge is -2.32. The quantitative estimate of drug-likeness (QED) is 0.403. The minimum Gasteiger partial charge on any atom is -0.468 e. The maximum absolute atomic E-state index is 12.7. The molecular weight excluding hydrogens is 365 g/mol. The summed E-state index contributed by atoms with van der Waals surface area (Å²) in [5.74, 6) is -0.993. The van der Waals surface area contributed by atoms with Gasteiger partial charge in [-0.3, -0.25) is 0 Å². The molecule has 1 heterocycles. The molecule has 0 amide bonds. The van der Waals surface area contributed by atoms with Crippen LogP contribution in [0.2, 0.25) is 0 Å². The number of halogens is 2. The van der Waals surface area contributed by atoms with E-state index >= 15 is 0 Å². The molecule has 1 aromatic rings. The highest BCUT2D eigenvalue weighted by atomic mass is 19.3. The van der Waals surface area contributed by atoms with Crippen LogP contribution in [0.3, 0.4) is 0 Å². The highest BCUT2D eigenvalue weighted by molar-refractivity contribution is 6.64. The van der Waals surface area contributed by atoms with E-state index in [1.165, 1.54) is 20.3 Å². The van der Waals surface area contributed by atoms with E-state index < -0.39 is 30.9 Å². The minimum absolute atomic E-state index is 0.0499. The van der Waals surface area contributed by atoms with Crippen molar-refractivity contribution in [2.75, 3.05) is 21.0 Å². The lowest BCUT2D eigenvalue weighted by molar-refractivity contribution is -0.0501. The number of methoxy groups -OCH3 is 2. The summed E-state index contributed by atoms with van der Waals surface area (Å²) < 4.78 is 56.9. The Balaban J connectivity index is 2.60. The first kappa shape index (κ1) is 21.4. The third-order valence-corrected chi connectivity index (χ3v) is 4.57. The van der Waals surface area contributed by atoms with Crippen LogP contribution in [-0.2, 0) is 18.8 Å². The van der Waals surface area contributed by atoms with Gasteiger partial charge in [0.05, 0.1) is 23.9 Å². The molecule has 0 spiro atoms. The Kier molecular flexibility index (Phi) is 6.33. The highest BCUT2D eigenvalue weighted by Crippen LogP contribution is 2.38. The number of esters is 1. The highest BCUT2D eigenvalue weighted by Gasteiger charge is 2.53. The van der Waals surface area contributed by atoms with Crippen molar-refractivity contribution in [3.8, 4) is 11.5 Å². The number of rotatable bonds is 7. The average molecular weight is 388 g/mol. The fourth-order valence-electron chi connectivity index (χ4n) is 2.50. The average Bonchev–Trinajstić information content (AvgIpc) is 2.78. The van der Waals surface area contributed by atoms with Crippen molar-refractivity contribution in [2.24, 2.45) is 0 Å². The van der Waals surface area contributed by atoms with Gasteiger partial charge in [-0.15, -0.1) is 0 Å². The van der Waals surface area contributed by atoms with Crippen LogP contribution in [0.1, 0.15) is 38.1 Å². The Hall–Kier alpha value is -1.91. The largest absolute Gasteiger partial charge is 0.499 e. The maximum atomic E-state index is 12.7. The van der Waals surface area contributed by atoms with Crippen LogP contribution in [0, 0.1) is 0 Å². The van der Waals surface area contributed by atoms with E-state index in [-0.39, 0.29) is 29.3 Å². The van der Waals surface area contributed by atoms with Crippen LogP contribution >= 0.6 is 0 Å². The van der Waals surface area contributed by atoms with Gasteiger partial charge in [-0.25, -0.2) is 4.79 Å². The predicted molar refractivity (Wildman–Crippen MR) is 92.6 cm³/mol. The van der Waals surface area contributed by atoms with Gasteiger partial charge >= 0.3 is 19.7 Å². The predicted octanol–water partition coefficient (Wildman–Crippen LogP) is 2.36. The lowest BCUT2D eigenvalue weighted by atomic mass is 9.75.